The van der Waals surface area contributed by atoms with Crippen LogP contribution < -0.4 is 5.32 Å². The Morgan fingerprint density at radius 2 is 1.95 bits per heavy atom. The maximum atomic E-state index is 12.2. The second-order valence-corrected chi connectivity index (χ2v) is 6.77. The molecule has 0 unspecified atom stereocenters. The van der Waals surface area contributed by atoms with Crippen LogP contribution in [-0.4, -0.2) is 35.4 Å². The molecule has 0 atom stereocenters. The lowest BCUT2D eigenvalue weighted by Gasteiger charge is -2.23. The first-order chi connectivity index (χ1) is 10.3. The molecule has 6 heteroatoms. The van der Waals surface area contributed by atoms with E-state index in [1.165, 1.54) is 12.1 Å². The molecule has 2 rings (SSSR count). The van der Waals surface area contributed by atoms with E-state index in [0.29, 0.717) is 12.2 Å². The van der Waals surface area contributed by atoms with Gasteiger partial charge in [-0.3, -0.25) is 19.8 Å². The van der Waals surface area contributed by atoms with Crippen molar-refractivity contribution in [1.82, 2.24) is 4.90 Å². The van der Waals surface area contributed by atoms with Crippen LogP contribution in [-0.2, 0) is 10.2 Å². The van der Waals surface area contributed by atoms with Crippen LogP contribution in [0.2, 0.25) is 0 Å². The lowest BCUT2D eigenvalue weighted by atomic mass is 9.85. The summed E-state index contributed by atoms with van der Waals surface area (Å²) >= 11 is 0. The molecule has 0 bridgehead atoms. The average Bonchev–Trinajstić information content (AvgIpc) is 2.89. The minimum Gasteiger partial charge on any atom is -0.324 e. The molecule has 1 aromatic rings. The van der Waals surface area contributed by atoms with Gasteiger partial charge < -0.3 is 5.32 Å². The number of amides is 1. The zero-order valence-electron chi connectivity index (χ0n) is 13.4. The molecule has 0 aliphatic carbocycles. The molecule has 22 heavy (non-hydrogen) atoms. The Labute approximate surface area is 130 Å². The third kappa shape index (κ3) is 4.04. The second kappa shape index (κ2) is 6.44. The Morgan fingerprint density at radius 1 is 1.32 bits per heavy atom. The van der Waals surface area contributed by atoms with Gasteiger partial charge >= 0.3 is 0 Å². The number of anilines is 1. The van der Waals surface area contributed by atoms with E-state index in [4.69, 9.17) is 0 Å². The largest absolute Gasteiger partial charge is 0.324 e. The van der Waals surface area contributed by atoms with Crippen LogP contribution in [0, 0.1) is 10.1 Å². The van der Waals surface area contributed by atoms with Crippen molar-refractivity contribution in [3.05, 3.63) is 33.9 Å². The molecule has 1 heterocycles. The zero-order chi connectivity index (χ0) is 16.3. The van der Waals surface area contributed by atoms with E-state index in [9.17, 15) is 14.9 Å². The number of nitrogens with one attached hydrogen (secondary N) is 1. The fourth-order valence-electron chi connectivity index (χ4n) is 2.74. The SMILES string of the molecule is CC(C)(C)c1ccc([N+](=O)[O-])cc1NC(=O)CN1CCCC1. The zero-order valence-corrected chi connectivity index (χ0v) is 13.4. The van der Waals surface area contributed by atoms with Gasteiger partial charge in [-0.2, -0.15) is 0 Å². The number of likely N-dealkylation sites (tertiary alicyclic amines) is 1. The Kier molecular flexibility index (Phi) is 4.81. The Bertz CT molecular complexity index is 572. The van der Waals surface area contributed by atoms with Gasteiger partial charge in [0.15, 0.2) is 0 Å². The van der Waals surface area contributed by atoms with Gasteiger partial charge in [0.25, 0.3) is 5.69 Å². The third-order valence-corrected chi connectivity index (χ3v) is 3.86. The van der Waals surface area contributed by atoms with Crippen molar-refractivity contribution in [2.45, 2.75) is 39.0 Å². The number of benzene rings is 1. The fourth-order valence-corrected chi connectivity index (χ4v) is 2.74. The van der Waals surface area contributed by atoms with E-state index in [1.807, 2.05) is 20.8 Å². The first-order valence-corrected chi connectivity index (χ1v) is 7.58. The number of carbonyl (C=O) groups excluding carboxylic acids is 1. The van der Waals surface area contributed by atoms with Crippen LogP contribution in [0.5, 0.6) is 0 Å². The summed E-state index contributed by atoms with van der Waals surface area (Å²) in [4.78, 5) is 24.8. The molecule has 1 saturated heterocycles. The van der Waals surface area contributed by atoms with Crippen molar-refractivity contribution >= 4 is 17.3 Å². The van der Waals surface area contributed by atoms with E-state index < -0.39 is 4.92 Å². The van der Waals surface area contributed by atoms with E-state index in [1.54, 1.807) is 6.07 Å². The summed E-state index contributed by atoms with van der Waals surface area (Å²) < 4.78 is 0. The number of nitrogens with zero attached hydrogens (tertiary/aromatic N) is 2. The van der Waals surface area contributed by atoms with E-state index in [-0.39, 0.29) is 17.0 Å². The highest BCUT2D eigenvalue weighted by Gasteiger charge is 2.23. The molecule has 1 aliphatic heterocycles. The maximum Gasteiger partial charge on any atom is 0.271 e. The van der Waals surface area contributed by atoms with Gasteiger partial charge in [-0.1, -0.05) is 20.8 Å². The van der Waals surface area contributed by atoms with Crippen molar-refractivity contribution in [2.75, 3.05) is 25.0 Å². The highest BCUT2D eigenvalue weighted by molar-refractivity contribution is 5.93. The van der Waals surface area contributed by atoms with E-state index in [2.05, 4.69) is 10.2 Å². The van der Waals surface area contributed by atoms with E-state index >= 15 is 0 Å². The Morgan fingerprint density at radius 3 is 2.50 bits per heavy atom. The van der Waals surface area contributed by atoms with Crippen LogP contribution in [0.4, 0.5) is 11.4 Å². The molecular weight excluding hydrogens is 282 g/mol. The second-order valence-electron chi connectivity index (χ2n) is 6.77. The summed E-state index contributed by atoms with van der Waals surface area (Å²) in [5.41, 5.74) is 1.22. The highest BCUT2D eigenvalue weighted by atomic mass is 16.6. The number of carbonyl (C=O) groups is 1. The molecule has 0 spiro atoms. The molecular formula is C16H23N3O3. The minimum atomic E-state index is -0.442. The minimum absolute atomic E-state index is 0.00975. The fraction of sp³-hybridized carbons (Fsp3) is 0.562. The summed E-state index contributed by atoms with van der Waals surface area (Å²) in [6.45, 7) is 8.27. The summed E-state index contributed by atoms with van der Waals surface area (Å²) in [6.07, 6.45) is 2.24. The van der Waals surface area contributed by atoms with Crippen LogP contribution in [0.1, 0.15) is 39.2 Å². The number of nitro groups is 1. The lowest BCUT2D eigenvalue weighted by molar-refractivity contribution is -0.384. The average molecular weight is 305 g/mol. The summed E-state index contributed by atoms with van der Waals surface area (Å²) in [5.74, 6) is -0.118. The molecule has 1 N–H and O–H groups in total. The lowest BCUT2D eigenvalue weighted by Crippen LogP contribution is -2.31. The van der Waals surface area contributed by atoms with Gasteiger partial charge in [-0.05, 0) is 43.0 Å². The topological polar surface area (TPSA) is 75.5 Å². The predicted molar refractivity (Wildman–Crippen MR) is 86.1 cm³/mol. The normalized spacial score (nSPS) is 15.8. The number of nitro benzene ring substituents is 1. The summed E-state index contributed by atoms with van der Waals surface area (Å²) in [5, 5.41) is 13.8. The molecule has 1 aromatic carbocycles. The predicted octanol–water partition coefficient (Wildman–Crippen LogP) is 2.93. The molecule has 1 aliphatic rings. The standard InChI is InChI=1S/C16H23N3O3/c1-16(2,3)13-7-6-12(19(21)22)10-14(13)17-15(20)11-18-8-4-5-9-18/h6-7,10H,4-5,8-9,11H2,1-3H3,(H,17,20). The van der Waals surface area contributed by atoms with Crippen molar-refractivity contribution in [3.63, 3.8) is 0 Å². The maximum absolute atomic E-state index is 12.2. The smallest absolute Gasteiger partial charge is 0.271 e. The molecule has 0 radical (unpaired) electrons. The Hall–Kier alpha value is -1.95. The third-order valence-electron chi connectivity index (χ3n) is 3.86. The molecule has 1 fully saturated rings. The van der Waals surface area contributed by atoms with Crippen LogP contribution in [0.25, 0.3) is 0 Å². The molecule has 0 saturated carbocycles. The van der Waals surface area contributed by atoms with Crippen molar-refractivity contribution in [1.29, 1.82) is 0 Å². The number of hydrogen-bond acceptors (Lipinski definition) is 4. The summed E-state index contributed by atoms with van der Waals surface area (Å²) in [6, 6.07) is 4.66. The number of non-ortho nitro benzene ring substituents is 1. The van der Waals surface area contributed by atoms with Gasteiger partial charge in [0, 0.05) is 12.1 Å². The number of hydrogen-bond donors (Lipinski definition) is 1. The highest BCUT2D eigenvalue weighted by Crippen LogP contribution is 2.32. The summed E-state index contributed by atoms with van der Waals surface area (Å²) in [7, 11) is 0. The van der Waals surface area contributed by atoms with Crippen molar-refractivity contribution in [3.8, 4) is 0 Å². The van der Waals surface area contributed by atoms with Gasteiger partial charge in [-0.15, -0.1) is 0 Å². The molecule has 0 aromatic heterocycles. The van der Waals surface area contributed by atoms with Crippen LogP contribution >= 0.6 is 0 Å². The molecule has 1 amide bonds. The van der Waals surface area contributed by atoms with Crippen molar-refractivity contribution < 1.29 is 9.72 Å². The van der Waals surface area contributed by atoms with Crippen LogP contribution in [0.3, 0.4) is 0 Å². The van der Waals surface area contributed by atoms with E-state index in [0.717, 1.165) is 31.5 Å². The van der Waals surface area contributed by atoms with Gasteiger partial charge in [0.05, 0.1) is 17.2 Å². The van der Waals surface area contributed by atoms with Crippen molar-refractivity contribution in [2.24, 2.45) is 0 Å². The molecule has 6 nitrogen and oxygen atoms in total. The number of rotatable bonds is 4. The molecule has 120 valence electrons. The monoisotopic (exact) mass is 305 g/mol. The van der Waals surface area contributed by atoms with Gasteiger partial charge in [0.2, 0.25) is 5.91 Å². The first kappa shape index (κ1) is 16.4. The van der Waals surface area contributed by atoms with Crippen LogP contribution in [0.15, 0.2) is 18.2 Å². The first-order valence-electron chi connectivity index (χ1n) is 7.58. The Balaban J connectivity index is 2.20. The quantitative estimate of drug-likeness (QED) is 0.685. The van der Waals surface area contributed by atoms with Gasteiger partial charge in [-0.25, -0.2) is 0 Å². The van der Waals surface area contributed by atoms with Gasteiger partial charge in [0.1, 0.15) is 0 Å².